The summed E-state index contributed by atoms with van der Waals surface area (Å²) in [5.41, 5.74) is 1.37. The number of fused-ring (bicyclic) bond motifs is 1. The molecule has 0 saturated carbocycles. The zero-order valence-electron chi connectivity index (χ0n) is 9.62. The van der Waals surface area contributed by atoms with Gasteiger partial charge in [0.05, 0.1) is 17.2 Å². The molecule has 0 fully saturated rings. The molecule has 0 radical (unpaired) electrons. The van der Waals surface area contributed by atoms with Crippen molar-refractivity contribution in [3.05, 3.63) is 36.2 Å². The van der Waals surface area contributed by atoms with E-state index in [1.165, 1.54) is 13.1 Å². The van der Waals surface area contributed by atoms with Crippen molar-refractivity contribution in [3.63, 3.8) is 0 Å². The van der Waals surface area contributed by atoms with E-state index in [2.05, 4.69) is 15.3 Å². The lowest BCUT2D eigenvalue weighted by molar-refractivity contribution is -0.138. The average molecular weight is 245 g/mol. The average Bonchev–Trinajstić information content (AvgIpc) is 2.37. The van der Waals surface area contributed by atoms with E-state index in [1.54, 1.807) is 18.2 Å². The van der Waals surface area contributed by atoms with Crippen molar-refractivity contribution in [2.45, 2.75) is 13.0 Å². The zero-order valence-corrected chi connectivity index (χ0v) is 9.62. The lowest BCUT2D eigenvalue weighted by Gasteiger charge is -2.08. The molecule has 1 atom stereocenters. The number of rotatable bonds is 3. The molecule has 1 unspecified atom stereocenters. The number of carboxylic acid groups (broad SMARTS) is 1. The number of nitrogens with one attached hydrogen (secondary N) is 1. The van der Waals surface area contributed by atoms with Crippen molar-refractivity contribution in [1.29, 1.82) is 0 Å². The van der Waals surface area contributed by atoms with Crippen LogP contribution in [0.25, 0.3) is 11.0 Å². The molecule has 1 aromatic carbocycles. The molecular weight excluding hydrogens is 234 g/mol. The van der Waals surface area contributed by atoms with Gasteiger partial charge in [-0.15, -0.1) is 0 Å². The fourth-order valence-electron chi connectivity index (χ4n) is 1.40. The number of hydrogen-bond acceptors (Lipinski definition) is 4. The van der Waals surface area contributed by atoms with E-state index in [9.17, 15) is 9.59 Å². The van der Waals surface area contributed by atoms with Crippen molar-refractivity contribution < 1.29 is 14.7 Å². The van der Waals surface area contributed by atoms with Crippen LogP contribution in [0.15, 0.2) is 30.5 Å². The van der Waals surface area contributed by atoms with Gasteiger partial charge in [-0.25, -0.2) is 4.98 Å². The fourth-order valence-corrected chi connectivity index (χ4v) is 1.40. The molecule has 0 aliphatic rings. The van der Waals surface area contributed by atoms with E-state index in [4.69, 9.17) is 5.11 Å². The number of para-hydroxylation sites is 2. The number of aliphatic carboxylic acids is 1. The molecule has 6 heteroatoms. The summed E-state index contributed by atoms with van der Waals surface area (Å²) >= 11 is 0. The second kappa shape index (κ2) is 4.79. The summed E-state index contributed by atoms with van der Waals surface area (Å²) in [4.78, 5) is 30.6. The number of aromatic nitrogens is 2. The van der Waals surface area contributed by atoms with Crippen molar-refractivity contribution in [2.75, 3.05) is 0 Å². The van der Waals surface area contributed by atoms with Crippen LogP contribution in [0, 0.1) is 0 Å². The lowest BCUT2D eigenvalue weighted by Crippen LogP contribution is -2.38. The number of nitrogens with zero attached hydrogens (tertiary/aromatic N) is 2. The first-order valence-electron chi connectivity index (χ1n) is 5.33. The molecule has 0 aliphatic heterocycles. The Morgan fingerprint density at radius 3 is 2.61 bits per heavy atom. The van der Waals surface area contributed by atoms with Gasteiger partial charge >= 0.3 is 5.97 Å². The molecular formula is C12H11N3O3. The van der Waals surface area contributed by atoms with Gasteiger partial charge in [-0.05, 0) is 19.1 Å². The summed E-state index contributed by atoms with van der Waals surface area (Å²) in [7, 11) is 0. The minimum Gasteiger partial charge on any atom is -0.480 e. The number of carbonyl (C=O) groups is 2. The van der Waals surface area contributed by atoms with Crippen LogP contribution in [0.1, 0.15) is 17.4 Å². The molecule has 0 spiro atoms. The van der Waals surface area contributed by atoms with Gasteiger partial charge in [-0.3, -0.25) is 14.6 Å². The normalized spacial score (nSPS) is 12.1. The van der Waals surface area contributed by atoms with Gasteiger partial charge < -0.3 is 10.4 Å². The van der Waals surface area contributed by atoms with E-state index < -0.39 is 17.9 Å². The largest absolute Gasteiger partial charge is 0.480 e. The summed E-state index contributed by atoms with van der Waals surface area (Å²) in [6, 6.07) is 6.16. The Kier molecular flexibility index (Phi) is 3.18. The maximum atomic E-state index is 11.7. The molecule has 0 saturated heterocycles. The first kappa shape index (κ1) is 12.0. The Morgan fingerprint density at radius 2 is 1.94 bits per heavy atom. The fraction of sp³-hybridized carbons (Fsp3) is 0.167. The third-order valence-corrected chi connectivity index (χ3v) is 2.40. The van der Waals surface area contributed by atoms with Crippen LogP contribution >= 0.6 is 0 Å². The van der Waals surface area contributed by atoms with Gasteiger partial charge in [-0.2, -0.15) is 0 Å². The number of carbonyl (C=O) groups excluding carboxylic acids is 1. The molecule has 1 heterocycles. The number of hydrogen-bond donors (Lipinski definition) is 2. The van der Waals surface area contributed by atoms with Crippen LogP contribution < -0.4 is 5.32 Å². The maximum Gasteiger partial charge on any atom is 0.325 e. The lowest BCUT2D eigenvalue weighted by atomic mass is 10.3. The van der Waals surface area contributed by atoms with E-state index in [1.807, 2.05) is 6.07 Å². The monoisotopic (exact) mass is 245 g/mol. The first-order chi connectivity index (χ1) is 8.58. The zero-order chi connectivity index (χ0) is 13.1. The summed E-state index contributed by atoms with van der Waals surface area (Å²) in [6.07, 6.45) is 1.33. The second-order valence-electron chi connectivity index (χ2n) is 3.78. The maximum absolute atomic E-state index is 11.7. The van der Waals surface area contributed by atoms with Crippen LogP contribution in [-0.4, -0.2) is 33.0 Å². The third-order valence-electron chi connectivity index (χ3n) is 2.40. The Hall–Kier alpha value is -2.50. The van der Waals surface area contributed by atoms with Crippen molar-refractivity contribution in [1.82, 2.24) is 15.3 Å². The summed E-state index contributed by atoms with van der Waals surface area (Å²) in [5.74, 6) is -1.65. The predicted molar refractivity (Wildman–Crippen MR) is 64.1 cm³/mol. The van der Waals surface area contributed by atoms with Crippen molar-refractivity contribution >= 4 is 22.9 Å². The highest BCUT2D eigenvalue weighted by Crippen LogP contribution is 2.08. The predicted octanol–water partition coefficient (Wildman–Crippen LogP) is 0.833. The summed E-state index contributed by atoms with van der Waals surface area (Å²) in [5, 5.41) is 11.0. The third kappa shape index (κ3) is 2.42. The Bertz CT molecular complexity index is 612. The van der Waals surface area contributed by atoms with Gasteiger partial charge in [-0.1, -0.05) is 12.1 Å². The molecule has 2 rings (SSSR count). The van der Waals surface area contributed by atoms with E-state index in [0.717, 1.165) is 0 Å². The van der Waals surface area contributed by atoms with Crippen LogP contribution in [0.2, 0.25) is 0 Å². The quantitative estimate of drug-likeness (QED) is 0.835. The molecule has 92 valence electrons. The molecule has 0 aliphatic carbocycles. The van der Waals surface area contributed by atoms with E-state index >= 15 is 0 Å². The molecule has 2 N–H and O–H groups in total. The summed E-state index contributed by atoms with van der Waals surface area (Å²) in [6.45, 7) is 1.38. The molecule has 18 heavy (non-hydrogen) atoms. The number of amides is 1. The van der Waals surface area contributed by atoms with Crippen LogP contribution in [-0.2, 0) is 4.79 Å². The number of carboxylic acids is 1. The van der Waals surface area contributed by atoms with Gasteiger partial charge in [0.1, 0.15) is 11.7 Å². The minimum absolute atomic E-state index is 0.0989. The minimum atomic E-state index is -1.10. The smallest absolute Gasteiger partial charge is 0.325 e. The van der Waals surface area contributed by atoms with E-state index in [0.29, 0.717) is 11.0 Å². The second-order valence-corrected chi connectivity index (χ2v) is 3.78. The molecule has 1 aromatic heterocycles. The molecule has 1 amide bonds. The summed E-state index contributed by atoms with van der Waals surface area (Å²) < 4.78 is 0. The highest BCUT2D eigenvalue weighted by atomic mass is 16.4. The highest BCUT2D eigenvalue weighted by Gasteiger charge is 2.16. The Morgan fingerprint density at radius 1 is 1.28 bits per heavy atom. The van der Waals surface area contributed by atoms with Gasteiger partial charge in [0, 0.05) is 0 Å². The van der Waals surface area contributed by atoms with Crippen LogP contribution in [0.3, 0.4) is 0 Å². The van der Waals surface area contributed by atoms with Crippen molar-refractivity contribution in [3.8, 4) is 0 Å². The SMILES string of the molecule is CC(NC(=O)c1cnc2ccccc2n1)C(=O)O. The standard InChI is InChI=1S/C12H11N3O3/c1-7(12(17)18)14-11(16)10-6-13-8-4-2-3-5-9(8)15-10/h2-7H,1H3,(H,14,16)(H,17,18). The molecule has 2 aromatic rings. The Labute approximate surface area is 103 Å². The van der Waals surface area contributed by atoms with Gasteiger partial charge in [0.15, 0.2) is 0 Å². The van der Waals surface area contributed by atoms with Crippen LogP contribution in [0.4, 0.5) is 0 Å². The van der Waals surface area contributed by atoms with Crippen LogP contribution in [0.5, 0.6) is 0 Å². The number of benzene rings is 1. The Balaban J connectivity index is 2.25. The first-order valence-corrected chi connectivity index (χ1v) is 5.33. The van der Waals surface area contributed by atoms with Gasteiger partial charge in [0.2, 0.25) is 0 Å². The topological polar surface area (TPSA) is 92.2 Å². The highest BCUT2D eigenvalue weighted by molar-refractivity contribution is 5.95. The molecule has 6 nitrogen and oxygen atoms in total. The van der Waals surface area contributed by atoms with Crippen molar-refractivity contribution in [2.24, 2.45) is 0 Å². The van der Waals surface area contributed by atoms with E-state index in [-0.39, 0.29) is 5.69 Å². The van der Waals surface area contributed by atoms with Gasteiger partial charge in [0.25, 0.3) is 5.91 Å². The molecule has 0 bridgehead atoms.